The predicted octanol–water partition coefficient (Wildman–Crippen LogP) is 2.81. The van der Waals surface area contributed by atoms with E-state index in [9.17, 15) is 9.59 Å². The summed E-state index contributed by atoms with van der Waals surface area (Å²) >= 11 is 3.09. The van der Waals surface area contributed by atoms with E-state index in [1.807, 2.05) is 0 Å². The van der Waals surface area contributed by atoms with Crippen LogP contribution in [0.25, 0.3) is 0 Å². The highest BCUT2D eigenvalue weighted by molar-refractivity contribution is 9.10. The third kappa shape index (κ3) is 3.48. The minimum Gasteiger partial charge on any atom is -0.446 e. The van der Waals surface area contributed by atoms with Crippen LogP contribution in [0.5, 0.6) is 0 Å². The molecule has 1 aliphatic carbocycles. The first kappa shape index (κ1) is 14.8. The second kappa shape index (κ2) is 6.71. The molecular formula is C14H15BrN2O3. The molecule has 1 N–H and O–H groups in total. The minimum atomic E-state index is -1.35. The second-order valence-electron chi connectivity index (χ2n) is 4.87. The fraction of sp³-hybridized carbons (Fsp3) is 0.500. The molecule has 2 rings (SSSR count). The number of hydrogen-bond acceptors (Lipinski definition) is 4. The van der Waals surface area contributed by atoms with Crippen LogP contribution in [-0.4, -0.2) is 17.7 Å². The van der Waals surface area contributed by atoms with Gasteiger partial charge in [0.15, 0.2) is 16.3 Å². The van der Waals surface area contributed by atoms with Gasteiger partial charge in [-0.25, -0.2) is 0 Å². The molecular weight excluding hydrogens is 324 g/mol. The zero-order valence-corrected chi connectivity index (χ0v) is 12.5. The third-order valence-electron chi connectivity index (χ3n) is 3.42. The number of hydrogen-bond donors (Lipinski definition) is 1. The number of carbonyl (C=O) groups excluding carboxylic acids is 2. The Balaban J connectivity index is 2.02. The van der Waals surface area contributed by atoms with Crippen molar-refractivity contribution in [1.82, 2.24) is 5.32 Å². The molecule has 0 aliphatic heterocycles. The number of halogens is 1. The van der Waals surface area contributed by atoms with Gasteiger partial charge in [-0.05, 0) is 40.9 Å². The lowest BCUT2D eigenvalue weighted by molar-refractivity contribution is -0.123. The van der Waals surface area contributed by atoms with Crippen LogP contribution in [-0.2, 0) is 4.79 Å². The van der Waals surface area contributed by atoms with Crippen molar-refractivity contribution < 1.29 is 14.0 Å². The fourth-order valence-corrected chi connectivity index (χ4v) is 2.66. The molecule has 1 unspecified atom stereocenters. The first-order valence-corrected chi connectivity index (χ1v) is 7.40. The van der Waals surface area contributed by atoms with Gasteiger partial charge >= 0.3 is 0 Å². The van der Waals surface area contributed by atoms with Gasteiger partial charge in [0, 0.05) is 6.04 Å². The van der Waals surface area contributed by atoms with E-state index in [1.54, 1.807) is 12.1 Å². The molecule has 20 heavy (non-hydrogen) atoms. The normalized spacial score (nSPS) is 17.2. The minimum absolute atomic E-state index is 0.0159. The average molecular weight is 339 g/mol. The predicted molar refractivity (Wildman–Crippen MR) is 74.9 cm³/mol. The number of carbonyl (C=O) groups is 2. The summed E-state index contributed by atoms with van der Waals surface area (Å²) in [7, 11) is 0. The number of Topliss-reactive ketones (excluding diaryl/α,β-unsaturated/α-hetero) is 1. The van der Waals surface area contributed by atoms with Crippen LogP contribution in [0.3, 0.4) is 0 Å². The molecule has 1 fully saturated rings. The van der Waals surface area contributed by atoms with Gasteiger partial charge < -0.3 is 9.73 Å². The molecule has 6 heteroatoms. The number of ketones is 1. The Kier molecular flexibility index (Phi) is 4.96. The molecule has 106 valence electrons. The molecule has 0 aromatic carbocycles. The maximum Gasteiger partial charge on any atom is 0.245 e. The van der Waals surface area contributed by atoms with Crippen molar-refractivity contribution in [3.8, 4) is 6.07 Å². The molecule has 1 saturated carbocycles. The van der Waals surface area contributed by atoms with E-state index in [4.69, 9.17) is 9.68 Å². The summed E-state index contributed by atoms with van der Waals surface area (Å²) < 4.78 is 5.50. The van der Waals surface area contributed by atoms with Crippen molar-refractivity contribution in [3.63, 3.8) is 0 Å². The Hall–Kier alpha value is -1.61. The third-order valence-corrected chi connectivity index (χ3v) is 3.85. The highest BCUT2D eigenvalue weighted by Crippen LogP contribution is 2.20. The second-order valence-corrected chi connectivity index (χ2v) is 5.66. The molecule has 1 aromatic heterocycles. The first-order valence-electron chi connectivity index (χ1n) is 6.61. The van der Waals surface area contributed by atoms with Crippen LogP contribution in [0.2, 0.25) is 0 Å². The Labute approximate surface area is 125 Å². The van der Waals surface area contributed by atoms with Crippen molar-refractivity contribution in [3.05, 3.63) is 22.6 Å². The van der Waals surface area contributed by atoms with Crippen molar-refractivity contribution in [1.29, 1.82) is 5.26 Å². The maximum absolute atomic E-state index is 12.1. The van der Waals surface area contributed by atoms with Crippen LogP contribution in [0.1, 0.15) is 42.7 Å². The van der Waals surface area contributed by atoms with Crippen LogP contribution in [0.15, 0.2) is 21.2 Å². The molecule has 1 heterocycles. The lowest BCUT2D eigenvalue weighted by Gasteiger charge is -2.23. The molecule has 5 nitrogen and oxygen atoms in total. The van der Waals surface area contributed by atoms with Crippen LogP contribution < -0.4 is 5.32 Å². The number of nitriles is 1. The van der Waals surface area contributed by atoms with E-state index >= 15 is 0 Å². The monoisotopic (exact) mass is 338 g/mol. The highest BCUT2D eigenvalue weighted by atomic mass is 79.9. The Bertz CT molecular complexity index is 541. The van der Waals surface area contributed by atoms with E-state index in [-0.39, 0.29) is 11.8 Å². The summed E-state index contributed by atoms with van der Waals surface area (Å²) in [6, 6.07) is 4.84. The number of nitrogens with zero attached hydrogens (tertiary/aromatic N) is 1. The molecule has 1 aromatic rings. The highest BCUT2D eigenvalue weighted by Gasteiger charge is 2.31. The van der Waals surface area contributed by atoms with E-state index < -0.39 is 17.6 Å². The van der Waals surface area contributed by atoms with Gasteiger partial charge in [0.1, 0.15) is 0 Å². The summed E-state index contributed by atoms with van der Waals surface area (Å²) in [5.74, 6) is -2.47. The average Bonchev–Trinajstić information content (AvgIpc) is 2.87. The van der Waals surface area contributed by atoms with Crippen LogP contribution in [0.4, 0.5) is 0 Å². The molecule has 0 spiro atoms. The standard InChI is InChI=1S/C14H15BrN2O3/c15-12-7-6-11(20-12)13(18)10(8-16)14(19)17-9-4-2-1-3-5-9/h6-7,9-10H,1-5H2,(H,17,19). The summed E-state index contributed by atoms with van der Waals surface area (Å²) in [4.78, 5) is 24.1. The molecule has 0 saturated heterocycles. The first-order chi connectivity index (χ1) is 9.61. The van der Waals surface area contributed by atoms with Crippen molar-refractivity contribution in [2.45, 2.75) is 38.1 Å². The summed E-state index contributed by atoms with van der Waals surface area (Å²) in [6.07, 6.45) is 5.13. The number of rotatable bonds is 4. The number of amides is 1. The molecule has 0 radical (unpaired) electrons. The van der Waals surface area contributed by atoms with Crippen molar-refractivity contribution >= 4 is 27.6 Å². The summed E-state index contributed by atoms with van der Waals surface area (Å²) in [5, 5.41) is 11.9. The Morgan fingerprint density at radius 1 is 1.35 bits per heavy atom. The van der Waals surface area contributed by atoms with Gasteiger partial charge in [-0.3, -0.25) is 9.59 Å². The van der Waals surface area contributed by atoms with Crippen LogP contribution >= 0.6 is 15.9 Å². The van der Waals surface area contributed by atoms with E-state index in [2.05, 4.69) is 21.2 Å². The summed E-state index contributed by atoms with van der Waals surface area (Å²) in [6.45, 7) is 0. The van der Waals surface area contributed by atoms with Crippen molar-refractivity contribution in [2.24, 2.45) is 5.92 Å². The largest absolute Gasteiger partial charge is 0.446 e. The lowest BCUT2D eigenvalue weighted by Crippen LogP contribution is -2.41. The van der Waals surface area contributed by atoms with Gasteiger partial charge in [0.2, 0.25) is 11.7 Å². The summed E-state index contributed by atoms with van der Waals surface area (Å²) in [5.41, 5.74) is 0. The lowest BCUT2D eigenvalue weighted by atomic mass is 9.94. The van der Waals surface area contributed by atoms with Gasteiger partial charge in [0.25, 0.3) is 0 Å². The molecule has 1 atom stereocenters. The smallest absolute Gasteiger partial charge is 0.245 e. The zero-order chi connectivity index (χ0) is 14.5. The van der Waals surface area contributed by atoms with Crippen LogP contribution in [0, 0.1) is 17.2 Å². The molecule has 1 aliphatic rings. The quantitative estimate of drug-likeness (QED) is 0.675. The zero-order valence-electron chi connectivity index (χ0n) is 10.9. The molecule has 0 bridgehead atoms. The Morgan fingerprint density at radius 3 is 2.60 bits per heavy atom. The number of nitrogens with one attached hydrogen (secondary N) is 1. The fourth-order valence-electron chi connectivity index (χ4n) is 2.36. The van der Waals surface area contributed by atoms with E-state index in [0.29, 0.717) is 4.67 Å². The van der Waals surface area contributed by atoms with Gasteiger partial charge in [-0.1, -0.05) is 19.3 Å². The SMILES string of the molecule is N#CC(C(=O)NC1CCCCC1)C(=O)c1ccc(Br)o1. The van der Waals surface area contributed by atoms with Gasteiger partial charge in [-0.15, -0.1) is 0 Å². The van der Waals surface area contributed by atoms with E-state index in [0.717, 1.165) is 25.7 Å². The Morgan fingerprint density at radius 2 is 2.05 bits per heavy atom. The molecule has 1 amide bonds. The maximum atomic E-state index is 12.1. The van der Waals surface area contributed by atoms with Crippen molar-refractivity contribution in [2.75, 3.05) is 0 Å². The van der Waals surface area contributed by atoms with Gasteiger partial charge in [-0.2, -0.15) is 5.26 Å². The van der Waals surface area contributed by atoms with E-state index in [1.165, 1.54) is 12.5 Å². The topological polar surface area (TPSA) is 83.1 Å². The van der Waals surface area contributed by atoms with Gasteiger partial charge in [0.05, 0.1) is 6.07 Å². The number of furan rings is 1.